The third-order valence-corrected chi connectivity index (χ3v) is 6.70. The number of hydrogen-bond donors (Lipinski definition) is 1. The second kappa shape index (κ2) is 11.7. The van der Waals surface area contributed by atoms with Crippen molar-refractivity contribution in [1.29, 1.82) is 0 Å². The highest BCUT2D eigenvalue weighted by Crippen LogP contribution is 2.35. The van der Waals surface area contributed by atoms with Crippen LogP contribution < -0.4 is 25.0 Å². The van der Waals surface area contributed by atoms with Gasteiger partial charge in [0.25, 0.3) is 11.8 Å². The molecule has 11 heteroatoms. The molecule has 5 rings (SSSR count). The summed E-state index contributed by atoms with van der Waals surface area (Å²) in [5.74, 6) is -1.23. The van der Waals surface area contributed by atoms with Gasteiger partial charge in [-0.25, -0.2) is 13.8 Å². The van der Waals surface area contributed by atoms with Crippen molar-refractivity contribution in [2.75, 3.05) is 19.5 Å². The Kier molecular flexibility index (Phi) is 7.83. The van der Waals surface area contributed by atoms with Crippen molar-refractivity contribution in [3.63, 3.8) is 0 Å². The Morgan fingerprint density at radius 1 is 0.976 bits per heavy atom. The summed E-state index contributed by atoms with van der Waals surface area (Å²) in [7, 11) is 2.92. The van der Waals surface area contributed by atoms with Gasteiger partial charge in [-0.2, -0.15) is 0 Å². The van der Waals surface area contributed by atoms with Crippen molar-refractivity contribution in [2.24, 2.45) is 0 Å². The predicted molar refractivity (Wildman–Crippen MR) is 154 cm³/mol. The number of nitrogens with zero attached hydrogens (tertiary/aromatic N) is 3. The van der Waals surface area contributed by atoms with E-state index in [1.54, 1.807) is 17.6 Å². The van der Waals surface area contributed by atoms with E-state index in [0.717, 1.165) is 6.07 Å². The van der Waals surface area contributed by atoms with Crippen LogP contribution >= 0.6 is 0 Å². The highest BCUT2D eigenvalue weighted by atomic mass is 19.1. The molecular formula is C31H26F2N4O5. The Labute approximate surface area is 239 Å². The van der Waals surface area contributed by atoms with Crippen LogP contribution in [-0.2, 0) is 6.54 Å². The maximum absolute atomic E-state index is 15.2. The van der Waals surface area contributed by atoms with E-state index in [-0.39, 0.29) is 34.2 Å². The summed E-state index contributed by atoms with van der Waals surface area (Å²) >= 11 is 0. The zero-order chi connectivity index (χ0) is 30.0. The van der Waals surface area contributed by atoms with Crippen LogP contribution in [-0.4, -0.2) is 34.7 Å². The molecule has 0 aliphatic rings. The lowest BCUT2D eigenvalue weighted by Gasteiger charge is -2.16. The fourth-order valence-electron chi connectivity index (χ4n) is 4.57. The van der Waals surface area contributed by atoms with Gasteiger partial charge in [-0.1, -0.05) is 12.1 Å². The van der Waals surface area contributed by atoms with E-state index in [4.69, 9.17) is 14.2 Å². The van der Waals surface area contributed by atoms with Gasteiger partial charge in [0, 0.05) is 54.1 Å². The zero-order valence-corrected chi connectivity index (χ0v) is 23.2. The molecule has 0 saturated heterocycles. The highest BCUT2D eigenvalue weighted by molar-refractivity contribution is 6.04. The Balaban J connectivity index is 1.43. The van der Waals surface area contributed by atoms with Crippen molar-refractivity contribution in [2.45, 2.75) is 20.4 Å². The summed E-state index contributed by atoms with van der Waals surface area (Å²) in [4.78, 5) is 35.3. The summed E-state index contributed by atoms with van der Waals surface area (Å²) in [6, 6.07) is 12.5. The number of aryl methyl sites for hydroxylation is 1. The molecule has 0 unspecified atom stereocenters. The number of rotatable bonds is 8. The molecule has 0 aliphatic carbocycles. The molecule has 3 heterocycles. The summed E-state index contributed by atoms with van der Waals surface area (Å²) in [5, 5.41) is 2.59. The lowest BCUT2D eigenvalue weighted by atomic mass is 10.0. The average molecular weight is 573 g/mol. The molecule has 0 radical (unpaired) electrons. The van der Waals surface area contributed by atoms with E-state index in [1.165, 1.54) is 69.1 Å². The summed E-state index contributed by atoms with van der Waals surface area (Å²) < 4.78 is 46.8. The Morgan fingerprint density at radius 3 is 2.40 bits per heavy atom. The first-order valence-electron chi connectivity index (χ1n) is 12.9. The van der Waals surface area contributed by atoms with Crippen LogP contribution in [0.1, 0.15) is 23.0 Å². The molecule has 3 aromatic heterocycles. The fraction of sp³-hybridized carbons (Fsp3) is 0.161. The molecule has 1 N–H and O–H groups in total. The van der Waals surface area contributed by atoms with Gasteiger partial charge in [-0.15, -0.1) is 0 Å². The van der Waals surface area contributed by atoms with Crippen LogP contribution in [0.4, 0.5) is 14.5 Å². The summed E-state index contributed by atoms with van der Waals surface area (Å²) in [6.07, 6.45) is 2.95. The minimum atomic E-state index is -0.764. The number of benzene rings is 2. The van der Waals surface area contributed by atoms with E-state index in [1.807, 2.05) is 6.92 Å². The number of nitrogens with one attached hydrogen (secondary N) is 1. The average Bonchev–Trinajstić information content (AvgIpc) is 2.99. The molecule has 1 amide bonds. The fourth-order valence-corrected chi connectivity index (χ4v) is 4.57. The monoisotopic (exact) mass is 572 g/mol. The van der Waals surface area contributed by atoms with E-state index < -0.39 is 23.0 Å². The van der Waals surface area contributed by atoms with Gasteiger partial charge >= 0.3 is 0 Å². The van der Waals surface area contributed by atoms with Crippen molar-refractivity contribution in [1.82, 2.24) is 14.5 Å². The minimum Gasteiger partial charge on any atom is -0.491 e. The number of methoxy groups -OCH3 is 2. The second-order valence-electron chi connectivity index (χ2n) is 9.20. The van der Waals surface area contributed by atoms with Gasteiger partial charge < -0.3 is 24.1 Å². The van der Waals surface area contributed by atoms with Crippen molar-refractivity contribution in [3.8, 4) is 34.3 Å². The van der Waals surface area contributed by atoms with E-state index in [9.17, 15) is 14.0 Å². The number of carbonyl (C=O) groups is 1. The molecule has 5 aromatic rings. The third kappa shape index (κ3) is 5.36. The van der Waals surface area contributed by atoms with Gasteiger partial charge in [0.05, 0.1) is 19.7 Å². The second-order valence-corrected chi connectivity index (χ2v) is 9.20. The first-order chi connectivity index (χ1) is 20.2. The van der Waals surface area contributed by atoms with Crippen LogP contribution in [0, 0.1) is 18.6 Å². The lowest BCUT2D eigenvalue weighted by molar-refractivity contribution is 0.102. The molecule has 0 fully saturated rings. The SMILES string of the molecule is CCn1cc(C(=O)Nc2ccc(Oc3ccnc4cc(OC)c(OC)nc34)c(F)c2)c(=O)c(-c2ccc(F)cc2)c1C. The van der Waals surface area contributed by atoms with Crippen LogP contribution in [0.2, 0.25) is 0 Å². The minimum absolute atomic E-state index is 0.111. The number of amides is 1. The van der Waals surface area contributed by atoms with Crippen molar-refractivity contribution < 1.29 is 27.8 Å². The number of ether oxygens (including phenoxy) is 3. The smallest absolute Gasteiger partial charge is 0.261 e. The maximum atomic E-state index is 15.2. The van der Waals surface area contributed by atoms with Crippen LogP contribution in [0.15, 0.2) is 71.8 Å². The Hall–Kier alpha value is -5.32. The molecule has 2 aromatic carbocycles. The number of fused-ring (bicyclic) bond motifs is 1. The molecule has 0 saturated carbocycles. The van der Waals surface area contributed by atoms with Gasteiger partial charge in [0.1, 0.15) is 16.9 Å². The first-order valence-corrected chi connectivity index (χ1v) is 12.9. The largest absolute Gasteiger partial charge is 0.491 e. The van der Waals surface area contributed by atoms with E-state index in [2.05, 4.69) is 15.3 Å². The van der Waals surface area contributed by atoms with Crippen LogP contribution in [0.25, 0.3) is 22.2 Å². The van der Waals surface area contributed by atoms with Crippen LogP contribution in [0.3, 0.4) is 0 Å². The maximum Gasteiger partial charge on any atom is 0.261 e. The van der Waals surface area contributed by atoms with Gasteiger partial charge in [0.2, 0.25) is 5.43 Å². The lowest BCUT2D eigenvalue weighted by Crippen LogP contribution is -2.26. The Bertz CT molecular complexity index is 1870. The molecule has 0 atom stereocenters. The normalized spacial score (nSPS) is 10.9. The summed E-state index contributed by atoms with van der Waals surface area (Å²) in [5.41, 5.74) is 1.63. The molecule has 0 bridgehead atoms. The van der Waals surface area contributed by atoms with E-state index in [0.29, 0.717) is 34.6 Å². The molecule has 0 spiro atoms. The number of hydrogen-bond acceptors (Lipinski definition) is 7. The Morgan fingerprint density at radius 2 is 1.74 bits per heavy atom. The summed E-state index contributed by atoms with van der Waals surface area (Å²) in [6.45, 7) is 4.11. The zero-order valence-electron chi connectivity index (χ0n) is 23.2. The van der Waals surface area contributed by atoms with Crippen molar-refractivity contribution in [3.05, 3.63) is 100 Å². The molecule has 0 aliphatic heterocycles. The molecule has 214 valence electrons. The third-order valence-electron chi connectivity index (χ3n) is 6.70. The standard InChI is InChI=1S/C31H26F2N4O5/c1-5-37-16-21(29(38)27(17(37)2)18-6-8-19(32)9-7-18)30(39)35-20-10-11-24(22(33)14-20)42-25-12-13-34-23-15-26(40-3)31(41-4)36-28(23)25/h6-16H,5H2,1-4H3,(H,35,39). The van der Waals surface area contributed by atoms with Gasteiger partial charge in [-0.05, 0) is 43.7 Å². The highest BCUT2D eigenvalue weighted by Gasteiger charge is 2.20. The quantitative estimate of drug-likeness (QED) is 0.239. The number of carbonyl (C=O) groups excluding carboxylic acids is 1. The molecule has 9 nitrogen and oxygen atoms in total. The number of pyridine rings is 3. The van der Waals surface area contributed by atoms with Crippen molar-refractivity contribution >= 4 is 22.6 Å². The number of aromatic nitrogens is 3. The molecule has 42 heavy (non-hydrogen) atoms. The predicted octanol–water partition coefficient (Wildman–Crippen LogP) is 6.13. The van der Waals surface area contributed by atoms with Gasteiger partial charge in [0.15, 0.2) is 23.1 Å². The molecular weight excluding hydrogens is 546 g/mol. The number of halogens is 2. The van der Waals surface area contributed by atoms with Gasteiger partial charge in [-0.3, -0.25) is 14.6 Å². The first kappa shape index (κ1) is 28.2. The van der Waals surface area contributed by atoms with Crippen LogP contribution in [0.5, 0.6) is 23.1 Å². The number of anilines is 1. The topological polar surface area (TPSA) is 105 Å². The van der Waals surface area contributed by atoms with E-state index >= 15 is 4.39 Å².